The summed E-state index contributed by atoms with van der Waals surface area (Å²) in [7, 11) is 0. The molecule has 0 amide bonds. The summed E-state index contributed by atoms with van der Waals surface area (Å²) in [5.74, 6) is 0.799. The Morgan fingerprint density at radius 3 is 2.00 bits per heavy atom. The van der Waals surface area contributed by atoms with Crippen molar-refractivity contribution in [3.8, 4) is 0 Å². The molecule has 0 atom stereocenters. The number of allylic oxidation sites excluding steroid dienone is 1. The van der Waals surface area contributed by atoms with Gasteiger partial charge in [-0.2, -0.15) is 0 Å². The maximum absolute atomic E-state index is 3.51. The van der Waals surface area contributed by atoms with E-state index in [-0.39, 0.29) is 31.9 Å². The molecule has 1 nitrogen and oxygen atoms in total. The summed E-state index contributed by atoms with van der Waals surface area (Å²) in [6, 6.07) is 15.2. The minimum absolute atomic E-state index is 0. The first-order valence-corrected chi connectivity index (χ1v) is 10.1. The molecule has 2 heteroatoms. The van der Waals surface area contributed by atoms with Gasteiger partial charge < -0.3 is 19.8 Å². The van der Waals surface area contributed by atoms with Crippen LogP contribution in [0.4, 0.5) is 0 Å². The van der Waals surface area contributed by atoms with E-state index in [4.69, 9.17) is 0 Å². The Morgan fingerprint density at radius 2 is 1.32 bits per heavy atom. The van der Waals surface area contributed by atoms with Crippen LogP contribution in [0, 0.1) is 20.8 Å². The van der Waals surface area contributed by atoms with E-state index in [0.29, 0.717) is 0 Å². The number of aromatic nitrogens is 1. The summed E-state index contributed by atoms with van der Waals surface area (Å²) >= 11 is 0. The van der Waals surface area contributed by atoms with E-state index >= 15 is 0 Å². The molecule has 0 spiro atoms. The van der Waals surface area contributed by atoms with Crippen molar-refractivity contribution in [1.29, 1.82) is 0 Å². The molecule has 2 aromatic carbocycles. The fourth-order valence-electron chi connectivity index (χ4n) is 4.26. The Kier molecular flexibility index (Phi) is 10.6. The molecule has 1 aromatic heterocycles. The molecule has 0 aliphatic heterocycles. The van der Waals surface area contributed by atoms with Gasteiger partial charge in [-0.15, -0.1) is 0 Å². The molecular weight excluding hydrogens is 382 g/mol. The molecule has 0 saturated heterocycles. The molecule has 1 N–H and O–H groups in total. The third kappa shape index (κ3) is 6.00. The van der Waals surface area contributed by atoms with Crippen LogP contribution in [0.15, 0.2) is 48.5 Å². The van der Waals surface area contributed by atoms with Crippen LogP contribution in [0.5, 0.6) is 0 Å². The van der Waals surface area contributed by atoms with E-state index in [1.807, 2.05) is 0 Å². The van der Waals surface area contributed by atoms with Crippen LogP contribution in [-0.2, 0) is 17.1 Å². The minimum atomic E-state index is 0. The van der Waals surface area contributed by atoms with E-state index in [2.05, 4.69) is 59.6 Å². The zero-order valence-electron chi connectivity index (χ0n) is 17.5. The quantitative estimate of drug-likeness (QED) is 0.318. The molecule has 152 valence electrons. The summed E-state index contributed by atoms with van der Waals surface area (Å²) in [5.41, 5.74) is 3.76. The molecule has 0 radical (unpaired) electrons. The summed E-state index contributed by atoms with van der Waals surface area (Å²) in [4.78, 5) is 3.51. The van der Waals surface area contributed by atoms with Crippen molar-refractivity contribution in [2.45, 2.75) is 57.8 Å². The molecular formula is C26H35FeN. The Morgan fingerprint density at radius 1 is 0.714 bits per heavy atom. The molecule has 2 aliphatic carbocycles. The molecule has 3 aromatic rings. The Hall–Kier alpha value is -1.50. The predicted octanol–water partition coefficient (Wildman–Crippen LogP) is 8.37. The van der Waals surface area contributed by atoms with E-state index in [0.717, 1.165) is 5.92 Å². The van der Waals surface area contributed by atoms with Crippen LogP contribution in [0.25, 0.3) is 27.9 Å². The largest absolute Gasteiger partial charge is 2.00 e. The number of H-pyrrole nitrogens is 1. The van der Waals surface area contributed by atoms with Gasteiger partial charge in [-0.05, 0) is 36.5 Å². The van der Waals surface area contributed by atoms with Gasteiger partial charge in [-0.3, -0.25) is 0 Å². The van der Waals surface area contributed by atoms with Crippen molar-refractivity contribution in [1.82, 2.24) is 4.98 Å². The molecule has 2 aliphatic rings. The van der Waals surface area contributed by atoms with Crippen LogP contribution < -0.4 is 0 Å². The smallest absolute Gasteiger partial charge is 0.358 e. The topological polar surface area (TPSA) is 15.8 Å². The number of fused-ring (bicyclic) bond motifs is 3. The number of hydrogen-bond donors (Lipinski definition) is 1. The average molecular weight is 417 g/mol. The number of para-hydroxylation sites is 1. The molecule has 2 saturated carbocycles. The summed E-state index contributed by atoms with van der Waals surface area (Å²) in [6.45, 7) is 0. The number of nitrogens with one attached hydrogen (secondary N) is 1. The SMILES string of the molecule is C(=C\C1CCCC1)/c1ccc2c(c1)[nH]c1ccccc12.C1CCCC1.[CH3-].[CH3-].[Fe+2]. The van der Waals surface area contributed by atoms with Gasteiger partial charge in [0.1, 0.15) is 0 Å². The minimum Gasteiger partial charge on any atom is -0.358 e. The first-order valence-electron chi connectivity index (χ1n) is 10.1. The summed E-state index contributed by atoms with van der Waals surface area (Å²) in [5, 5.41) is 2.63. The van der Waals surface area contributed by atoms with Crippen molar-refractivity contribution in [2.75, 3.05) is 0 Å². The maximum Gasteiger partial charge on any atom is 2.00 e. The zero-order chi connectivity index (χ0) is 16.9. The fourth-order valence-corrected chi connectivity index (χ4v) is 4.26. The second-order valence-corrected chi connectivity index (χ2v) is 7.65. The van der Waals surface area contributed by atoms with Crippen LogP contribution >= 0.6 is 0 Å². The van der Waals surface area contributed by atoms with Crippen LogP contribution in [0.1, 0.15) is 63.4 Å². The maximum atomic E-state index is 3.51. The molecule has 0 bridgehead atoms. The summed E-state index contributed by atoms with van der Waals surface area (Å²) in [6.07, 6.45) is 17.7. The van der Waals surface area contributed by atoms with Gasteiger partial charge in [0.2, 0.25) is 0 Å². The average Bonchev–Trinajstić information content (AvgIpc) is 3.42. The zero-order valence-corrected chi connectivity index (χ0v) is 18.6. The van der Waals surface area contributed by atoms with Gasteiger partial charge in [0, 0.05) is 21.8 Å². The van der Waals surface area contributed by atoms with Gasteiger partial charge in [0.25, 0.3) is 0 Å². The first kappa shape index (κ1) is 24.5. The molecule has 1 heterocycles. The van der Waals surface area contributed by atoms with Gasteiger partial charge in [0.15, 0.2) is 0 Å². The van der Waals surface area contributed by atoms with Gasteiger partial charge >= 0.3 is 17.1 Å². The Bertz CT molecular complexity index is 844. The predicted molar refractivity (Wildman–Crippen MR) is 123 cm³/mol. The van der Waals surface area contributed by atoms with E-state index in [9.17, 15) is 0 Å². The number of aromatic amines is 1. The normalized spacial score (nSPS) is 16.3. The van der Waals surface area contributed by atoms with Gasteiger partial charge in [-0.1, -0.05) is 87.4 Å². The van der Waals surface area contributed by atoms with Crippen molar-refractivity contribution in [3.63, 3.8) is 0 Å². The Balaban J connectivity index is 0.000000433. The van der Waals surface area contributed by atoms with Gasteiger partial charge in [-0.25, -0.2) is 0 Å². The van der Waals surface area contributed by atoms with Crippen molar-refractivity contribution in [3.05, 3.63) is 69.0 Å². The number of benzene rings is 2. The molecule has 2 fully saturated rings. The molecule has 28 heavy (non-hydrogen) atoms. The van der Waals surface area contributed by atoms with Crippen LogP contribution in [0.3, 0.4) is 0 Å². The van der Waals surface area contributed by atoms with Gasteiger partial charge in [0.05, 0.1) is 0 Å². The monoisotopic (exact) mass is 417 g/mol. The van der Waals surface area contributed by atoms with Crippen LogP contribution in [0.2, 0.25) is 0 Å². The number of hydrogen-bond acceptors (Lipinski definition) is 0. The summed E-state index contributed by atoms with van der Waals surface area (Å²) < 4.78 is 0. The Labute approximate surface area is 182 Å². The fraction of sp³-hybridized carbons (Fsp3) is 0.385. The van der Waals surface area contributed by atoms with Crippen molar-refractivity contribution >= 4 is 27.9 Å². The molecule has 0 unspecified atom stereocenters. The second-order valence-electron chi connectivity index (χ2n) is 7.65. The van der Waals surface area contributed by atoms with Crippen LogP contribution in [-0.4, -0.2) is 4.98 Å². The third-order valence-corrected chi connectivity index (χ3v) is 5.74. The first-order chi connectivity index (χ1) is 12.4. The standard InChI is InChI=1S/C19H19N.C5H10.2CH3.Fe/c1-2-6-14(5-1)9-10-15-11-12-17-16-7-3-4-8-18(16)20-19(17)13-15;1-2-4-5-3-1;;;/h3-4,7-14,20H,1-2,5-6H2;1-5H2;2*1H3;/q;;2*-1;+2/b10-9+;;;;. The van der Waals surface area contributed by atoms with E-state index < -0.39 is 0 Å². The number of rotatable bonds is 2. The molecule has 5 rings (SSSR count). The third-order valence-electron chi connectivity index (χ3n) is 5.74. The van der Waals surface area contributed by atoms with E-state index in [1.54, 1.807) is 0 Å². The van der Waals surface area contributed by atoms with Crippen molar-refractivity contribution in [2.24, 2.45) is 5.92 Å². The second kappa shape index (κ2) is 12.1. The van der Waals surface area contributed by atoms with Crippen molar-refractivity contribution < 1.29 is 17.1 Å². The van der Waals surface area contributed by atoms with E-state index in [1.165, 1.54) is 85.2 Å².